The second-order valence-electron chi connectivity index (χ2n) is 4.88. The molecule has 0 radical (unpaired) electrons. The van der Waals surface area contributed by atoms with E-state index in [2.05, 4.69) is 4.98 Å². The zero-order chi connectivity index (χ0) is 16.7. The number of carbonyl (C=O) groups is 2. The highest BCUT2D eigenvalue weighted by Crippen LogP contribution is 2.25. The Morgan fingerprint density at radius 2 is 2.09 bits per heavy atom. The molecule has 0 aliphatic carbocycles. The molecule has 0 fully saturated rings. The van der Waals surface area contributed by atoms with E-state index in [0.29, 0.717) is 17.8 Å². The van der Waals surface area contributed by atoms with Gasteiger partial charge in [-0.3, -0.25) is 9.88 Å². The smallest absolute Gasteiger partial charge is 0.411 e. The Morgan fingerprint density at radius 1 is 1.35 bits per heavy atom. The predicted molar refractivity (Wildman–Crippen MR) is 86.1 cm³/mol. The second kappa shape index (κ2) is 8.28. The third-order valence-corrected chi connectivity index (χ3v) is 4.00. The SMILES string of the molecule is CCCN(C(=O)OCc1ccccc1)C(C(=O)O)c1cncs1. The summed E-state index contributed by atoms with van der Waals surface area (Å²) < 4.78 is 5.28. The van der Waals surface area contributed by atoms with Gasteiger partial charge in [0.25, 0.3) is 0 Å². The maximum absolute atomic E-state index is 12.4. The number of nitrogens with zero attached hydrogens (tertiary/aromatic N) is 2. The van der Waals surface area contributed by atoms with Gasteiger partial charge in [-0.05, 0) is 12.0 Å². The van der Waals surface area contributed by atoms with Crippen LogP contribution in [0.25, 0.3) is 0 Å². The first kappa shape index (κ1) is 17.0. The van der Waals surface area contributed by atoms with Crippen molar-refractivity contribution in [1.29, 1.82) is 0 Å². The number of aromatic nitrogens is 1. The highest BCUT2D eigenvalue weighted by Gasteiger charge is 2.32. The number of thiazole rings is 1. The molecule has 122 valence electrons. The van der Waals surface area contributed by atoms with E-state index < -0.39 is 18.1 Å². The number of hydrogen-bond acceptors (Lipinski definition) is 5. The van der Waals surface area contributed by atoms with Crippen molar-refractivity contribution in [2.75, 3.05) is 6.54 Å². The van der Waals surface area contributed by atoms with Crippen molar-refractivity contribution in [3.8, 4) is 0 Å². The van der Waals surface area contributed by atoms with Crippen LogP contribution in [0.1, 0.15) is 29.8 Å². The zero-order valence-electron chi connectivity index (χ0n) is 12.7. The molecule has 1 N–H and O–H groups in total. The molecule has 1 aromatic carbocycles. The van der Waals surface area contributed by atoms with Gasteiger partial charge in [-0.2, -0.15) is 0 Å². The van der Waals surface area contributed by atoms with Crippen molar-refractivity contribution in [3.05, 3.63) is 52.5 Å². The fraction of sp³-hybridized carbons (Fsp3) is 0.312. The first-order chi connectivity index (χ1) is 11.1. The number of carbonyl (C=O) groups excluding carboxylic acids is 1. The number of carboxylic acids is 1. The van der Waals surface area contributed by atoms with Crippen LogP contribution in [-0.2, 0) is 16.1 Å². The van der Waals surface area contributed by atoms with Gasteiger partial charge < -0.3 is 9.84 Å². The van der Waals surface area contributed by atoms with Crippen LogP contribution in [0.15, 0.2) is 42.0 Å². The molecule has 1 amide bonds. The van der Waals surface area contributed by atoms with Crippen molar-refractivity contribution in [2.24, 2.45) is 0 Å². The molecule has 0 saturated heterocycles. The van der Waals surface area contributed by atoms with Gasteiger partial charge in [0.05, 0.1) is 10.4 Å². The third-order valence-electron chi connectivity index (χ3n) is 3.17. The summed E-state index contributed by atoms with van der Waals surface area (Å²) in [5.74, 6) is -1.10. The number of carboxylic acid groups (broad SMARTS) is 1. The van der Waals surface area contributed by atoms with E-state index in [-0.39, 0.29) is 6.61 Å². The Kier molecular flexibility index (Phi) is 6.10. The van der Waals surface area contributed by atoms with Crippen LogP contribution in [-0.4, -0.2) is 33.6 Å². The molecule has 0 aliphatic rings. The lowest BCUT2D eigenvalue weighted by Crippen LogP contribution is -2.39. The fourth-order valence-corrected chi connectivity index (χ4v) is 2.86. The van der Waals surface area contributed by atoms with Crippen LogP contribution in [0.2, 0.25) is 0 Å². The van der Waals surface area contributed by atoms with E-state index in [9.17, 15) is 14.7 Å². The predicted octanol–water partition coefficient (Wildman–Crippen LogP) is 3.32. The van der Waals surface area contributed by atoms with Crippen LogP contribution >= 0.6 is 11.3 Å². The van der Waals surface area contributed by atoms with Gasteiger partial charge in [0.2, 0.25) is 0 Å². The molecule has 0 aliphatic heterocycles. The van der Waals surface area contributed by atoms with Gasteiger partial charge >= 0.3 is 12.1 Å². The van der Waals surface area contributed by atoms with Crippen molar-refractivity contribution in [2.45, 2.75) is 26.0 Å². The lowest BCUT2D eigenvalue weighted by atomic mass is 10.2. The number of aliphatic carboxylic acids is 1. The minimum atomic E-state index is -1.10. The van der Waals surface area contributed by atoms with Gasteiger partial charge in [0.15, 0.2) is 6.04 Å². The highest BCUT2D eigenvalue weighted by molar-refractivity contribution is 7.09. The van der Waals surface area contributed by atoms with Gasteiger partial charge in [-0.15, -0.1) is 11.3 Å². The standard InChI is InChI=1S/C16H18N2O4S/c1-2-8-18(14(15(19)20)13-9-17-11-23-13)16(21)22-10-12-6-4-3-5-7-12/h3-7,9,11,14H,2,8,10H2,1H3,(H,19,20). The number of ether oxygens (including phenoxy) is 1. The fourth-order valence-electron chi connectivity index (χ4n) is 2.14. The maximum atomic E-state index is 12.4. The Labute approximate surface area is 138 Å². The summed E-state index contributed by atoms with van der Waals surface area (Å²) in [6.45, 7) is 2.28. The molecule has 0 spiro atoms. The molecule has 1 atom stereocenters. The molecular formula is C16H18N2O4S. The van der Waals surface area contributed by atoms with E-state index in [1.807, 2.05) is 37.3 Å². The Hall–Kier alpha value is -2.41. The first-order valence-electron chi connectivity index (χ1n) is 7.22. The van der Waals surface area contributed by atoms with E-state index in [4.69, 9.17) is 4.74 Å². The number of benzene rings is 1. The minimum Gasteiger partial charge on any atom is -0.479 e. The van der Waals surface area contributed by atoms with Crippen LogP contribution in [0.3, 0.4) is 0 Å². The van der Waals surface area contributed by atoms with Crippen LogP contribution in [0.5, 0.6) is 0 Å². The summed E-state index contributed by atoms with van der Waals surface area (Å²) in [4.78, 5) is 29.6. The van der Waals surface area contributed by atoms with Crippen molar-refractivity contribution in [1.82, 2.24) is 9.88 Å². The summed E-state index contributed by atoms with van der Waals surface area (Å²) in [6.07, 6.45) is 1.45. The lowest BCUT2D eigenvalue weighted by molar-refractivity contribution is -0.143. The van der Waals surface area contributed by atoms with Crippen LogP contribution in [0.4, 0.5) is 4.79 Å². The van der Waals surface area contributed by atoms with E-state index in [1.165, 1.54) is 22.4 Å². The van der Waals surface area contributed by atoms with Gasteiger partial charge in [0.1, 0.15) is 6.61 Å². The summed E-state index contributed by atoms with van der Waals surface area (Å²) in [6, 6.07) is 8.18. The van der Waals surface area contributed by atoms with Crippen LogP contribution < -0.4 is 0 Å². The Balaban J connectivity index is 2.12. The van der Waals surface area contributed by atoms with E-state index in [1.54, 1.807) is 5.51 Å². The average Bonchev–Trinajstić information content (AvgIpc) is 3.07. The zero-order valence-corrected chi connectivity index (χ0v) is 13.5. The lowest BCUT2D eigenvalue weighted by Gasteiger charge is -2.27. The van der Waals surface area contributed by atoms with Crippen molar-refractivity contribution in [3.63, 3.8) is 0 Å². The molecule has 23 heavy (non-hydrogen) atoms. The maximum Gasteiger partial charge on any atom is 0.411 e. The minimum absolute atomic E-state index is 0.106. The number of rotatable bonds is 7. The first-order valence-corrected chi connectivity index (χ1v) is 8.10. The molecular weight excluding hydrogens is 316 g/mol. The molecule has 1 unspecified atom stereocenters. The van der Waals surface area contributed by atoms with Gasteiger partial charge in [0, 0.05) is 12.7 Å². The molecule has 0 bridgehead atoms. The molecule has 6 nitrogen and oxygen atoms in total. The number of amides is 1. The van der Waals surface area contributed by atoms with Crippen molar-refractivity contribution < 1.29 is 19.4 Å². The van der Waals surface area contributed by atoms with Crippen LogP contribution in [0, 0.1) is 0 Å². The topological polar surface area (TPSA) is 79.7 Å². The van der Waals surface area contributed by atoms with E-state index in [0.717, 1.165) is 5.56 Å². The number of hydrogen-bond donors (Lipinski definition) is 1. The summed E-state index contributed by atoms with van der Waals surface area (Å²) in [5, 5.41) is 9.51. The normalized spacial score (nSPS) is 11.7. The molecule has 1 heterocycles. The molecule has 2 aromatic rings. The van der Waals surface area contributed by atoms with Gasteiger partial charge in [-0.25, -0.2) is 9.59 Å². The van der Waals surface area contributed by atoms with E-state index >= 15 is 0 Å². The molecule has 0 saturated carbocycles. The average molecular weight is 334 g/mol. The molecule has 7 heteroatoms. The summed E-state index contributed by atoms with van der Waals surface area (Å²) in [5.41, 5.74) is 2.40. The quantitative estimate of drug-likeness (QED) is 0.840. The van der Waals surface area contributed by atoms with Gasteiger partial charge in [-0.1, -0.05) is 37.3 Å². The molecule has 1 aromatic heterocycles. The second-order valence-corrected chi connectivity index (χ2v) is 5.80. The highest BCUT2D eigenvalue weighted by atomic mass is 32.1. The Morgan fingerprint density at radius 3 is 2.65 bits per heavy atom. The monoisotopic (exact) mass is 334 g/mol. The largest absolute Gasteiger partial charge is 0.479 e. The molecule has 2 rings (SSSR count). The third kappa shape index (κ3) is 4.53. The van der Waals surface area contributed by atoms with Crippen molar-refractivity contribution >= 4 is 23.4 Å². The Bertz CT molecular complexity index is 631. The summed E-state index contributed by atoms with van der Waals surface area (Å²) >= 11 is 1.20. The summed E-state index contributed by atoms with van der Waals surface area (Å²) in [7, 11) is 0.